The maximum Gasteiger partial charge on any atom is 0.0864 e. The molecule has 90 valence electrons. The van der Waals surface area contributed by atoms with Crippen LogP contribution < -0.4 is 5.32 Å². The van der Waals surface area contributed by atoms with Crippen molar-refractivity contribution in [3.05, 3.63) is 18.0 Å². The van der Waals surface area contributed by atoms with Gasteiger partial charge in [-0.1, -0.05) is 0 Å². The third kappa shape index (κ3) is 2.13. The lowest BCUT2D eigenvalue weighted by Gasteiger charge is -2.39. The summed E-state index contributed by atoms with van der Waals surface area (Å²) in [6.07, 6.45) is 5.48. The second kappa shape index (κ2) is 4.55. The van der Waals surface area contributed by atoms with Crippen molar-refractivity contribution < 1.29 is 4.74 Å². The minimum absolute atomic E-state index is 0.124. The van der Waals surface area contributed by atoms with Gasteiger partial charge in [0, 0.05) is 19.9 Å². The summed E-state index contributed by atoms with van der Waals surface area (Å²) in [5.74, 6) is 0. The molecule has 16 heavy (non-hydrogen) atoms. The highest BCUT2D eigenvalue weighted by atomic mass is 16.5. The molecule has 2 rings (SSSR count). The van der Waals surface area contributed by atoms with Crippen LogP contribution in [-0.2, 0) is 11.8 Å². The molecule has 1 fully saturated rings. The molecule has 0 amide bonds. The van der Waals surface area contributed by atoms with Gasteiger partial charge in [-0.25, -0.2) is 0 Å². The normalized spacial score (nSPS) is 27.9. The van der Waals surface area contributed by atoms with E-state index in [1.165, 1.54) is 12.8 Å². The van der Waals surface area contributed by atoms with Gasteiger partial charge in [-0.05, 0) is 39.3 Å². The molecule has 2 unspecified atom stereocenters. The van der Waals surface area contributed by atoms with Gasteiger partial charge in [0.2, 0.25) is 0 Å². The lowest BCUT2D eigenvalue weighted by molar-refractivity contribution is -0.0893. The number of aromatic nitrogens is 2. The quantitative estimate of drug-likeness (QED) is 0.846. The van der Waals surface area contributed by atoms with Crippen molar-refractivity contribution >= 4 is 0 Å². The molecule has 2 heterocycles. The Labute approximate surface area is 97.0 Å². The molecule has 1 aliphatic rings. The van der Waals surface area contributed by atoms with Gasteiger partial charge < -0.3 is 10.1 Å². The van der Waals surface area contributed by atoms with E-state index in [0.29, 0.717) is 0 Å². The van der Waals surface area contributed by atoms with Gasteiger partial charge in [0.05, 0.1) is 17.3 Å². The number of likely N-dealkylation sites (N-methyl/N-ethyl adjacent to an activating group) is 1. The van der Waals surface area contributed by atoms with Gasteiger partial charge in [-0.3, -0.25) is 4.68 Å². The first-order valence-corrected chi connectivity index (χ1v) is 5.96. The highest BCUT2D eigenvalue weighted by Gasteiger charge is 2.38. The molecule has 4 heteroatoms. The van der Waals surface area contributed by atoms with Gasteiger partial charge in [-0.2, -0.15) is 5.10 Å². The topological polar surface area (TPSA) is 39.1 Å². The first-order valence-electron chi connectivity index (χ1n) is 5.96. The standard InChI is InChI=1S/C12H21N3O/c1-12(7-4-5-9-16-12)11(13-2)10-6-8-15(3)14-10/h6,8,11,13H,4-5,7,9H2,1-3H3. The predicted octanol–water partition coefficient (Wildman–Crippen LogP) is 1.64. The fraction of sp³-hybridized carbons (Fsp3) is 0.750. The van der Waals surface area contributed by atoms with Crippen molar-refractivity contribution in [3.8, 4) is 0 Å². The van der Waals surface area contributed by atoms with Crippen LogP contribution in [0.4, 0.5) is 0 Å². The smallest absolute Gasteiger partial charge is 0.0864 e. The molecule has 1 N–H and O–H groups in total. The second-order valence-corrected chi connectivity index (χ2v) is 4.75. The fourth-order valence-corrected chi connectivity index (χ4v) is 2.54. The molecule has 0 bridgehead atoms. The van der Waals surface area contributed by atoms with E-state index in [1.807, 2.05) is 25.0 Å². The highest BCUT2D eigenvalue weighted by molar-refractivity contribution is 5.11. The van der Waals surface area contributed by atoms with E-state index >= 15 is 0 Å². The van der Waals surface area contributed by atoms with E-state index in [2.05, 4.69) is 23.4 Å². The summed E-state index contributed by atoms with van der Waals surface area (Å²) in [7, 11) is 3.92. The van der Waals surface area contributed by atoms with Crippen molar-refractivity contribution in [3.63, 3.8) is 0 Å². The zero-order chi connectivity index (χ0) is 11.6. The zero-order valence-corrected chi connectivity index (χ0v) is 10.4. The Morgan fingerprint density at radius 1 is 1.56 bits per heavy atom. The van der Waals surface area contributed by atoms with Crippen LogP contribution in [0.3, 0.4) is 0 Å². The van der Waals surface area contributed by atoms with Crippen molar-refractivity contribution in [1.82, 2.24) is 15.1 Å². The SMILES string of the molecule is CNC(c1ccn(C)n1)C1(C)CCCCO1. The summed E-state index contributed by atoms with van der Waals surface area (Å²) in [5, 5.41) is 7.82. The Bertz CT molecular complexity index is 342. The van der Waals surface area contributed by atoms with Crippen LogP contribution >= 0.6 is 0 Å². The molecular weight excluding hydrogens is 202 g/mol. The van der Waals surface area contributed by atoms with Crippen molar-refractivity contribution in [2.75, 3.05) is 13.7 Å². The summed E-state index contributed by atoms with van der Waals surface area (Å²) in [5.41, 5.74) is 0.941. The van der Waals surface area contributed by atoms with Gasteiger partial charge >= 0.3 is 0 Å². The lowest BCUT2D eigenvalue weighted by atomic mass is 9.86. The first-order chi connectivity index (χ1) is 7.65. The summed E-state index contributed by atoms with van der Waals surface area (Å²) in [6.45, 7) is 3.05. The van der Waals surface area contributed by atoms with Crippen LogP contribution in [0.15, 0.2) is 12.3 Å². The van der Waals surface area contributed by atoms with E-state index in [4.69, 9.17) is 4.74 Å². The molecule has 0 aliphatic carbocycles. The molecule has 1 aromatic rings. The number of ether oxygens (including phenoxy) is 1. The maximum atomic E-state index is 5.97. The Morgan fingerprint density at radius 3 is 2.88 bits per heavy atom. The van der Waals surface area contributed by atoms with Gasteiger partial charge in [0.1, 0.15) is 0 Å². The number of nitrogens with one attached hydrogen (secondary N) is 1. The summed E-state index contributed by atoms with van der Waals surface area (Å²) < 4.78 is 7.81. The Morgan fingerprint density at radius 2 is 2.38 bits per heavy atom. The number of nitrogens with zero attached hydrogens (tertiary/aromatic N) is 2. The van der Waals surface area contributed by atoms with Gasteiger partial charge in [0.25, 0.3) is 0 Å². The molecule has 2 atom stereocenters. The van der Waals surface area contributed by atoms with E-state index in [-0.39, 0.29) is 11.6 Å². The predicted molar refractivity (Wildman–Crippen MR) is 63.2 cm³/mol. The molecule has 0 aromatic carbocycles. The van der Waals surface area contributed by atoms with Crippen LogP contribution in [0.2, 0.25) is 0 Å². The van der Waals surface area contributed by atoms with Crippen LogP contribution in [0.1, 0.15) is 37.9 Å². The third-order valence-corrected chi connectivity index (χ3v) is 3.43. The van der Waals surface area contributed by atoms with Crippen molar-refractivity contribution in [2.24, 2.45) is 7.05 Å². The van der Waals surface area contributed by atoms with Crippen molar-refractivity contribution in [2.45, 2.75) is 37.8 Å². The summed E-state index contributed by atoms with van der Waals surface area (Å²) in [4.78, 5) is 0. The number of aryl methyl sites for hydroxylation is 1. The fourth-order valence-electron chi connectivity index (χ4n) is 2.54. The Kier molecular flexibility index (Phi) is 3.30. The largest absolute Gasteiger partial charge is 0.373 e. The highest BCUT2D eigenvalue weighted by Crippen LogP contribution is 2.35. The number of rotatable bonds is 3. The molecule has 1 saturated heterocycles. The Hall–Kier alpha value is -0.870. The molecule has 1 aromatic heterocycles. The molecule has 0 saturated carbocycles. The monoisotopic (exact) mass is 223 g/mol. The van der Waals surface area contributed by atoms with Crippen LogP contribution in [0.25, 0.3) is 0 Å². The summed E-state index contributed by atoms with van der Waals surface area (Å²) >= 11 is 0. The molecule has 0 spiro atoms. The van der Waals surface area contributed by atoms with Crippen molar-refractivity contribution in [1.29, 1.82) is 0 Å². The van der Waals surface area contributed by atoms with E-state index in [0.717, 1.165) is 18.7 Å². The maximum absolute atomic E-state index is 5.97. The van der Waals surface area contributed by atoms with E-state index in [1.54, 1.807) is 0 Å². The van der Waals surface area contributed by atoms with Gasteiger partial charge in [0.15, 0.2) is 0 Å². The third-order valence-electron chi connectivity index (χ3n) is 3.43. The first kappa shape index (κ1) is 11.6. The molecule has 4 nitrogen and oxygen atoms in total. The zero-order valence-electron chi connectivity index (χ0n) is 10.4. The molecule has 1 aliphatic heterocycles. The molecule has 0 radical (unpaired) electrons. The van der Waals surface area contributed by atoms with Gasteiger partial charge in [-0.15, -0.1) is 0 Å². The second-order valence-electron chi connectivity index (χ2n) is 4.75. The minimum atomic E-state index is -0.124. The lowest BCUT2D eigenvalue weighted by Crippen LogP contribution is -2.45. The van der Waals surface area contributed by atoms with Crippen LogP contribution in [0.5, 0.6) is 0 Å². The minimum Gasteiger partial charge on any atom is -0.373 e. The Balaban J connectivity index is 2.20. The van der Waals surface area contributed by atoms with Crippen LogP contribution in [0, 0.1) is 0 Å². The number of hydrogen-bond donors (Lipinski definition) is 1. The van der Waals surface area contributed by atoms with Crippen LogP contribution in [-0.4, -0.2) is 29.0 Å². The average molecular weight is 223 g/mol. The summed E-state index contributed by atoms with van der Waals surface area (Å²) in [6, 6.07) is 2.23. The average Bonchev–Trinajstić information content (AvgIpc) is 2.66. The van der Waals surface area contributed by atoms with E-state index in [9.17, 15) is 0 Å². The van der Waals surface area contributed by atoms with E-state index < -0.39 is 0 Å². The number of hydrogen-bond acceptors (Lipinski definition) is 3. The molecular formula is C12H21N3O.